The molecular weight excluding hydrogens is 486 g/mol. The molecule has 0 spiro atoms. The molecule has 2 N–H and O–H groups in total. The number of methoxy groups -OCH3 is 2. The van der Waals surface area contributed by atoms with E-state index in [1.807, 2.05) is 25.2 Å². The number of ether oxygens (including phenoxy) is 3. The molecular formula is C27H33N7O4. The maximum Gasteiger partial charge on any atom is 0.271 e. The van der Waals surface area contributed by atoms with Crippen molar-refractivity contribution in [1.82, 2.24) is 29.5 Å². The summed E-state index contributed by atoms with van der Waals surface area (Å²) >= 11 is 0. The van der Waals surface area contributed by atoms with Crippen LogP contribution in [-0.4, -0.2) is 83.3 Å². The van der Waals surface area contributed by atoms with E-state index in [-0.39, 0.29) is 24.2 Å². The molecule has 1 saturated heterocycles. The highest BCUT2D eigenvalue weighted by Crippen LogP contribution is 2.35. The molecule has 0 aromatic carbocycles. The van der Waals surface area contributed by atoms with Crippen LogP contribution in [0.1, 0.15) is 35.8 Å². The number of rotatable bonds is 8. The van der Waals surface area contributed by atoms with E-state index in [2.05, 4.69) is 26.4 Å². The number of carbonyl (C=O) groups is 1. The molecule has 1 saturated carbocycles. The number of imidazole rings is 1. The smallest absolute Gasteiger partial charge is 0.271 e. The number of carbonyl (C=O) groups excluding carboxylic acids is 1. The van der Waals surface area contributed by atoms with Crippen LogP contribution in [0.3, 0.4) is 0 Å². The Bertz CT molecular complexity index is 1460. The van der Waals surface area contributed by atoms with Gasteiger partial charge in [-0.15, -0.1) is 0 Å². The van der Waals surface area contributed by atoms with E-state index in [4.69, 9.17) is 24.3 Å². The molecule has 4 aromatic heterocycles. The first-order valence-electron chi connectivity index (χ1n) is 13.1. The van der Waals surface area contributed by atoms with Crippen LogP contribution in [0, 0.1) is 5.92 Å². The lowest BCUT2D eigenvalue weighted by Crippen LogP contribution is -2.42. The first kappa shape index (κ1) is 24.8. The molecule has 2 fully saturated rings. The van der Waals surface area contributed by atoms with Gasteiger partial charge in [0, 0.05) is 63.7 Å². The SMILES string of the molecule is CNc1cc(-c2cn([C@H]3CCOC[C@@H]3OC)c3ncccc23)nn2c(C(=O)NCC3CC[C@@H]3OC)cnc12. The summed E-state index contributed by atoms with van der Waals surface area (Å²) in [6, 6.07) is 6.03. The molecule has 11 heteroatoms. The molecule has 1 unspecified atom stereocenters. The third-order valence-electron chi connectivity index (χ3n) is 7.94. The maximum absolute atomic E-state index is 13.2. The van der Waals surface area contributed by atoms with Crippen LogP contribution in [-0.2, 0) is 14.2 Å². The van der Waals surface area contributed by atoms with Gasteiger partial charge >= 0.3 is 0 Å². The van der Waals surface area contributed by atoms with Crippen LogP contribution in [0.15, 0.2) is 36.8 Å². The zero-order valence-corrected chi connectivity index (χ0v) is 21.9. The summed E-state index contributed by atoms with van der Waals surface area (Å²) in [5.74, 6) is 0.125. The molecule has 5 heterocycles. The van der Waals surface area contributed by atoms with Gasteiger partial charge in [-0.05, 0) is 37.5 Å². The normalized spacial score (nSPS) is 23.4. The van der Waals surface area contributed by atoms with Gasteiger partial charge in [-0.2, -0.15) is 5.10 Å². The van der Waals surface area contributed by atoms with Crippen molar-refractivity contribution in [2.75, 3.05) is 46.3 Å². The van der Waals surface area contributed by atoms with E-state index in [9.17, 15) is 4.79 Å². The number of anilines is 1. The van der Waals surface area contributed by atoms with E-state index < -0.39 is 0 Å². The second-order valence-corrected chi connectivity index (χ2v) is 9.92. The highest BCUT2D eigenvalue weighted by Gasteiger charge is 2.32. The van der Waals surface area contributed by atoms with Crippen molar-refractivity contribution in [2.45, 2.75) is 37.5 Å². The number of nitrogens with one attached hydrogen (secondary N) is 2. The standard InChI is InChI=1S/C27H33N7O4/c1-28-20-11-19(32-34-22(13-30-26(20)34)27(35)31-12-16-6-7-23(16)36-2)18-14-33(25-17(18)5-4-9-29-25)21-8-10-38-15-24(21)37-3/h4-5,9,11,13-14,16,21,23-24,28H,6-8,10,12,15H2,1-3H3,(H,31,35)/t16?,21-,23-,24-/m0/s1. The van der Waals surface area contributed by atoms with E-state index >= 15 is 0 Å². The summed E-state index contributed by atoms with van der Waals surface area (Å²) in [5, 5.41) is 12.1. The van der Waals surface area contributed by atoms with Gasteiger partial charge in [0.15, 0.2) is 11.3 Å². The van der Waals surface area contributed by atoms with Crippen LogP contribution in [0.5, 0.6) is 0 Å². The summed E-state index contributed by atoms with van der Waals surface area (Å²) in [6.45, 7) is 1.77. The Hall–Kier alpha value is -3.54. The minimum absolute atomic E-state index is 0.0742. The van der Waals surface area contributed by atoms with Crippen molar-refractivity contribution < 1.29 is 19.0 Å². The third kappa shape index (κ3) is 4.20. The minimum Gasteiger partial charge on any atom is -0.385 e. The Kier molecular flexibility index (Phi) is 6.73. The van der Waals surface area contributed by atoms with Crippen molar-refractivity contribution in [2.24, 2.45) is 5.92 Å². The number of nitrogens with zero attached hydrogens (tertiary/aromatic N) is 5. The second kappa shape index (κ2) is 10.3. The lowest BCUT2D eigenvalue weighted by molar-refractivity contribution is -0.0592. The zero-order chi connectivity index (χ0) is 26.2. The number of aromatic nitrogens is 5. The number of hydrogen-bond acceptors (Lipinski definition) is 8. The Morgan fingerprint density at radius 1 is 1.16 bits per heavy atom. The second-order valence-electron chi connectivity index (χ2n) is 9.92. The zero-order valence-electron chi connectivity index (χ0n) is 21.9. The Labute approximate surface area is 220 Å². The summed E-state index contributed by atoms with van der Waals surface area (Å²) in [4.78, 5) is 22.4. The average Bonchev–Trinajstić information content (AvgIpc) is 3.54. The van der Waals surface area contributed by atoms with Crippen LogP contribution in [0.2, 0.25) is 0 Å². The number of pyridine rings is 1. The van der Waals surface area contributed by atoms with Crippen LogP contribution < -0.4 is 10.6 Å². The van der Waals surface area contributed by atoms with Crippen molar-refractivity contribution >= 4 is 28.3 Å². The first-order chi connectivity index (χ1) is 18.6. The number of amides is 1. The first-order valence-corrected chi connectivity index (χ1v) is 13.1. The maximum atomic E-state index is 13.2. The van der Waals surface area contributed by atoms with E-state index in [0.29, 0.717) is 42.7 Å². The molecule has 0 radical (unpaired) electrons. The lowest BCUT2D eigenvalue weighted by Gasteiger charge is -2.35. The van der Waals surface area contributed by atoms with Crippen LogP contribution in [0.25, 0.3) is 27.9 Å². The monoisotopic (exact) mass is 519 g/mol. The highest BCUT2D eigenvalue weighted by molar-refractivity contribution is 5.96. The van der Waals surface area contributed by atoms with Gasteiger partial charge in [-0.3, -0.25) is 4.79 Å². The molecule has 6 rings (SSSR count). The highest BCUT2D eigenvalue weighted by atomic mass is 16.5. The molecule has 1 aliphatic heterocycles. The summed E-state index contributed by atoms with van der Waals surface area (Å²) < 4.78 is 20.7. The van der Waals surface area contributed by atoms with E-state index in [1.165, 1.54) is 0 Å². The molecule has 2 aliphatic rings. The quantitative estimate of drug-likeness (QED) is 0.365. The Morgan fingerprint density at radius 3 is 2.79 bits per heavy atom. The molecule has 0 bridgehead atoms. The van der Waals surface area contributed by atoms with Crippen LogP contribution >= 0.6 is 0 Å². The fourth-order valence-corrected chi connectivity index (χ4v) is 5.62. The molecule has 4 atom stereocenters. The Balaban J connectivity index is 1.40. The molecule has 4 aromatic rings. The molecule has 11 nitrogen and oxygen atoms in total. The van der Waals surface area contributed by atoms with Gasteiger partial charge in [-0.25, -0.2) is 14.5 Å². The van der Waals surface area contributed by atoms with Gasteiger partial charge < -0.3 is 29.4 Å². The van der Waals surface area contributed by atoms with Crippen molar-refractivity contribution in [3.8, 4) is 11.3 Å². The largest absolute Gasteiger partial charge is 0.385 e. The lowest BCUT2D eigenvalue weighted by atomic mass is 9.82. The van der Waals surface area contributed by atoms with Crippen LogP contribution in [0.4, 0.5) is 5.69 Å². The van der Waals surface area contributed by atoms with Crippen molar-refractivity contribution in [1.29, 1.82) is 0 Å². The predicted molar refractivity (Wildman–Crippen MR) is 142 cm³/mol. The fraction of sp³-hybridized carbons (Fsp3) is 0.481. The van der Waals surface area contributed by atoms with Crippen molar-refractivity contribution in [3.05, 3.63) is 42.5 Å². The number of hydrogen-bond donors (Lipinski definition) is 2. The van der Waals surface area contributed by atoms with Gasteiger partial charge in [0.05, 0.1) is 36.3 Å². The topological polar surface area (TPSA) is 117 Å². The van der Waals surface area contributed by atoms with Gasteiger partial charge in [0.1, 0.15) is 11.8 Å². The molecule has 1 amide bonds. The van der Waals surface area contributed by atoms with Gasteiger partial charge in [0.2, 0.25) is 0 Å². The molecule has 200 valence electrons. The van der Waals surface area contributed by atoms with Gasteiger partial charge in [0.25, 0.3) is 5.91 Å². The predicted octanol–water partition coefficient (Wildman–Crippen LogP) is 2.92. The molecule has 1 aliphatic carbocycles. The van der Waals surface area contributed by atoms with E-state index in [0.717, 1.165) is 41.5 Å². The summed E-state index contributed by atoms with van der Waals surface area (Å²) in [5.41, 5.74) is 4.25. The molecule has 38 heavy (non-hydrogen) atoms. The fourth-order valence-electron chi connectivity index (χ4n) is 5.62. The summed E-state index contributed by atoms with van der Waals surface area (Å²) in [6.07, 6.45) is 8.50. The van der Waals surface area contributed by atoms with Crippen molar-refractivity contribution in [3.63, 3.8) is 0 Å². The summed E-state index contributed by atoms with van der Waals surface area (Å²) in [7, 11) is 5.27. The minimum atomic E-state index is -0.208. The third-order valence-corrected chi connectivity index (χ3v) is 7.94. The van der Waals surface area contributed by atoms with Gasteiger partial charge in [-0.1, -0.05) is 0 Å². The Morgan fingerprint density at radius 2 is 2.03 bits per heavy atom. The number of fused-ring (bicyclic) bond motifs is 2. The van der Waals surface area contributed by atoms with E-state index in [1.54, 1.807) is 31.1 Å². The average molecular weight is 520 g/mol.